The summed E-state index contributed by atoms with van der Waals surface area (Å²) >= 11 is 39.2. The van der Waals surface area contributed by atoms with Crippen molar-refractivity contribution < 1.29 is 24.2 Å². The van der Waals surface area contributed by atoms with Crippen LogP contribution in [-0.4, -0.2) is 32.6 Å². The molecule has 4 atom stereocenters. The molecular weight excluding hydrogens is 782 g/mol. The number of carbonyl (C=O) groups is 2. The topological polar surface area (TPSA) is 72.8 Å². The van der Waals surface area contributed by atoms with Crippen LogP contribution in [0.1, 0.15) is 21.5 Å². The summed E-state index contributed by atoms with van der Waals surface area (Å²) in [6, 6.07) is 1.55. The molecule has 5 rings (SSSR count). The second kappa shape index (κ2) is 8.26. The highest BCUT2D eigenvalue weighted by atomic mass is 79.9. The number of carbonyl (C=O) groups excluding carboxylic acids is 2. The molecule has 1 spiro atoms. The van der Waals surface area contributed by atoms with Crippen molar-refractivity contribution in [3.63, 3.8) is 0 Å². The number of Topliss-reactive ketones (excluding diaryl/α,β-unsaturated/α-hetero) is 1. The number of alkyl halides is 2. The number of phenolic OH excluding ortho intramolecular Hbond substituents is 1. The Kier molecular flexibility index (Phi) is 6.18. The maximum Gasteiger partial charge on any atom is 0.341 e. The summed E-state index contributed by atoms with van der Waals surface area (Å²) in [6.45, 7) is 0. The summed E-state index contributed by atoms with van der Waals surface area (Å²) in [5.41, 5.74) is -0.785. The monoisotopic (exact) mass is 782 g/mol. The number of benzene rings is 2. The minimum absolute atomic E-state index is 0.0334. The van der Waals surface area contributed by atoms with Crippen LogP contribution in [0.5, 0.6) is 11.5 Å². The fraction of sp³-hybridized carbons (Fsp3) is 0.200. The molecule has 0 fully saturated rings. The van der Waals surface area contributed by atoms with Crippen LogP contribution >= 0.6 is 110 Å². The maximum absolute atomic E-state index is 13.2. The third-order valence-electron chi connectivity index (χ3n) is 5.69. The predicted molar refractivity (Wildman–Crippen MR) is 139 cm³/mol. The summed E-state index contributed by atoms with van der Waals surface area (Å²) in [5.74, 6) is -0.979. The van der Waals surface area contributed by atoms with E-state index in [0.717, 1.165) is 0 Å². The fourth-order valence-corrected chi connectivity index (χ4v) is 8.15. The summed E-state index contributed by atoms with van der Waals surface area (Å²) in [6.07, 6.45) is 0.691. The van der Waals surface area contributed by atoms with E-state index in [1.807, 2.05) is 0 Å². The summed E-state index contributed by atoms with van der Waals surface area (Å²) in [5, 5.41) is 10.2. The largest absolute Gasteiger partial charge is 0.505 e. The van der Waals surface area contributed by atoms with Crippen LogP contribution in [0.3, 0.4) is 0 Å². The van der Waals surface area contributed by atoms with E-state index in [4.69, 9.17) is 55.9 Å². The van der Waals surface area contributed by atoms with Crippen molar-refractivity contribution in [1.82, 2.24) is 0 Å². The third kappa shape index (κ3) is 3.19. The maximum atomic E-state index is 13.2. The summed E-state index contributed by atoms with van der Waals surface area (Å²) in [7, 11) is 0. The molecule has 13 heteroatoms. The molecule has 0 bridgehead atoms. The van der Waals surface area contributed by atoms with Crippen molar-refractivity contribution in [3.8, 4) is 11.5 Å². The van der Waals surface area contributed by atoms with Gasteiger partial charge in [0.2, 0.25) is 0 Å². The number of ether oxygens (including phenoxy) is 2. The lowest BCUT2D eigenvalue weighted by Crippen LogP contribution is -2.52. The van der Waals surface area contributed by atoms with E-state index < -0.39 is 27.3 Å². The highest BCUT2D eigenvalue weighted by Gasteiger charge is 2.62. The van der Waals surface area contributed by atoms with Gasteiger partial charge in [-0.15, -0.1) is 0 Å². The molecule has 0 saturated heterocycles. The molecule has 172 valence electrons. The van der Waals surface area contributed by atoms with Gasteiger partial charge in [-0.3, -0.25) is 4.79 Å². The number of hydrogen-bond acceptors (Lipinski definition) is 5. The zero-order valence-electron chi connectivity index (χ0n) is 15.5. The highest BCUT2D eigenvalue weighted by molar-refractivity contribution is 9.11. The van der Waals surface area contributed by atoms with Gasteiger partial charge in [0, 0.05) is 16.7 Å². The van der Waals surface area contributed by atoms with E-state index in [1.165, 1.54) is 0 Å². The van der Waals surface area contributed by atoms with Gasteiger partial charge in [0.1, 0.15) is 26.9 Å². The highest BCUT2D eigenvalue weighted by Crippen LogP contribution is 2.63. The Balaban J connectivity index is 1.99. The molecule has 1 N–H and O–H groups in total. The van der Waals surface area contributed by atoms with Gasteiger partial charge in [-0.05, 0) is 37.9 Å². The molecule has 2 aliphatic heterocycles. The molecule has 2 heterocycles. The number of aromatic hydroxyl groups is 1. The van der Waals surface area contributed by atoms with Gasteiger partial charge in [0.05, 0.1) is 35.0 Å². The van der Waals surface area contributed by atoms with Crippen LogP contribution in [0, 0.1) is 0 Å². The van der Waals surface area contributed by atoms with Crippen molar-refractivity contribution in [2.45, 2.75) is 21.4 Å². The van der Waals surface area contributed by atoms with Gasteiger partial charge in [-0.1, -0.05) is 84.3 Å². The van der Waals surface area contributed by atoms with Crippen molar-refractivity contribution in [2.24, 2.45) is 0 Å². The second-order valence-electron chi connectivity index (χ2n) is 7.34. The molecule has 0 amide bonds. The lowest BCUT2D eigenvalue weighted by Gasteiger charge is -2.45. The number of phenols is 1. The predicted octanol–water partition coefficient (Wildman–Crippen LogP) is 7.74. The number of esters is 1. The molecule has 0 radical (unpaired) electrons. The normalized spacial score (nSPS) is 27.5. The zero-order chi connectivity index (χ0) is 24.1. The number of rotatable bonds is 0. The van der Waals surface area contributed by atoms with Crippen LogP contribution in [0.2, 0.25) is 20.1 Å². The molecule has 2 aromatic carbocycles. The smallest absolute Gasteiger partial charge is 0.341 e. The van der Waals surface area contributed by atoms with Crippen molar-refractivity contribution in [2.75, 3.05) is 0 Å². The van der Waals surface area contributed by atoms with E-state index in [0.29, 0.717) is 15.6 Å². The zero-order valence-corrected chi connectivity index (χ0v) is 24.9. The first-order valence-corrected chi connectivity index (χ1v) is 13.9. The Hall–Kier alpha value is -0.000000000000000333. The van der Waals surface area contributed by atoms with Crippen LogP contribution < -0.4 is 4.74 Å². The van der Waals surface area contributed by atoms with Gasteiger partial charge in [-0.25, -0.2) is 4.79 Å². The Labute approximate surface area is 240 Å². The van der Waals surface area contributed by atoms with Gasteiger partial charge in [-0.2, -0.15) is 0 Å². The lowest BCUT2D eigenvalue weighted by atomic mass is 9.72. The molecule has 5 nitrogen and oxygen atoms in total. The van der Waals surface area contributed by atoms with Gasteiger partial charge in [0.15, 0.2) is 11.4 Å². The number of halogens is 8. The molecule has 0 aromatic heterocycles. The lowest BCUT2D eigenvalue weighted by molar-refractivity contribution is -0.119. The first kappa shape index (κ1) is 24.7. The van der Waals surface area contributed by atoms with Crippen molar-refractivity contribution in [1.29, 1.82) is 0 Å². The molecule has 2 aromatic rings. The average Bonchev–Trinajstić information content (AvgIpc) is 3.08. The molecule has 4 unspecified atom stereocenters. The first-order valence-electron chi connectivity index (χ1n) is 8.95. The SMILES string of the molecule is O=C1OC2(C3=CC(Br)C(=O)C(Br)C3Oc3c2cc(Br)c(O)c3Br)c2c(Cl)c(Cl)c(Cl)c(Cl)c21. The van der Waals surface area contributed by atoms with Gasteiger partial charge >= 0.3 is 5.97 Å². The first-order chi connectivity index (χ1) is 15.4. The average molecular weight is 788 g/mol. The molecular formula is C20H6Br4Cl4O5. The van der Waals surface area contributed by atoms with E-state index in [-0.39, 0.29) is 53.0 Å². The second-order valence-corrected chi connectivity index (χ2v) is 12.5. The third-order valence-corrected chi connectivity index (χ3v) is 10.5. The number of hydrogen-bond donors (Lipinski definition) is 1. The number of fused-ring (bicyclic) bond motifs is 6. The van der Waals surface area contributed by atoms with Crippen LogP contribution in [0.4, 0.5) is 0 Å². The summed E-state index contributed by atoms with van der Waals surface area (Å²) in [4.78, 5) is 24.5. The Bertz CT molecular complexity index is 1350. The van der Waals surface area contributed by atoms with Gasteiger partial charge in [0.25, 0.3) is 0 Å². The van der Waals surface area contributed by atoms with E-state index in [1.54, 1.807) is 12.1 Å². The van der Waals surface area contributed by atoms with E-state index in [2.05, 4.69) is 63.7 Å². The van der Waals surface area contributed by atoms with Crippen molar-refractivity contribution >= 4 is 122 Å². The quantitative estimate of drug-likeness (QED) is 0.0974. The number of allylic oxidation sites excluding steroid dienone is 1. The van der Waals surface area contributed by atoms with Crippen molar-refractivity contribution in [3.05, 3.63) is 63.4 Å². The summed E-state index contributed by atoms with van der Waals surface area (Å²) < 4.78 is 12.7. The molecule has 1 aliphatic carbocycles. The van der Waals surface area contributed by atoms with E-state index >= 15 is 0 Å². The minimum atomic E-state index is -1.67. The van der Waals surface area contributed by atoms with Crippen LogP contribution in [-0.2, 0) is 15.1 Å². The fourth-order valence-electron chi connectivity index (χ4n) is 4.27. The minimum Gasteiger partial charge on any atom is -0.505 e. The standard InChI is InChI=1S/C20H6Br4Cl4O5/c21-5-1-3-17(9(23)15(5)29)32-18-4(2-6(22)16(30)10(18)24)20(3)8-7(19(31)33-20)11(25)13(27)14(28)12(8)26/h1-2,5,9,17,30H. The molecule has 0 saturated carbocycles. The molecule has 33 heavy (non-hydrogen) atoms. The van der Waals surface area contributed by atoms with Crippen LogP contribution in [0.15, 0.2) is 26.7 Å². The van der Waals surface area contributed by atoms with E-state index in [9.17, 15) is 14.7 Å². The number of ketones is 1. The Morgan fingerprint density at radius 3 is 2.30 bits per heavy atom. The Morgan fingerprint density at radius 2 is 1.64 bits per heavy atom. The molecule has 3 aliphatic rings. The van der Waals surface area contributed by atoms with Crippen LogP contribution in [0.25, 0.3) is 0 Å². The Morgan fingerprint density at radius 1 is 1.00 bits per heavy atom. The van der Waals surface area contributed by atoms with Gasteiger partial charge < -0.3 is 14.6 Å².